The molecule has 0 spiro atoms. The van der Waals surface area contributed by atoms with Crippen LogP contribution in [0, 0.1) is 11.8 Å². The topological polar surface area (TPSA) is 55.6 Å². The van der Waals surface area contributed by atoms with Gasteiger partial charge in [0.15, 0.2) is 0 Å². The van der Waals surface area contributed by atoms with Crippen molar-refractivity contribution in [3.05, 3.63) is 0 Å². The minimum Gasteiger partial charge on any atom is -0.376 e. The summed E-state index contributed by atoms with van der Waals surface area (Å²) in [5.41, 5.74) is 5.75. The number of nitrogens with two attached hydrogens (primary N) is 1. The summed E-state index contributed by atoms with van der Waals surface area (Å²) >= 11 is 0. The summed E-state index contributed by atoms with van der Waals surface area (Å²) in [4.78, 5) is 14.4. The molecule has 0 radical (unpaired) electrons. The van der Waals surface area contributed by atoms with Gasteiger partial charge in [-0.15, -0.1) is 0 Å². The van der Waals surface area contributed by atoms with Gasteiger partial charge in [0.2, 0.25) is 5.91 Å². The van der Waals surface area contributed by atoms with Crippen LogP contribution < -0.4 is 5.73 Å². The summed E-state index contributed by atoms with van der Waals surface area (Å²) in [7, 11) is 1.92. The molecule has 110 valence electrons. The first-order valence-corrected chi connectivity index (χ1v) is 7.77. The molecule has 2 aliphatic rings. The van der Waals surface area contributed by atoms with Crippen molar-refractivity contribution in [2.24, 2.45) is 17.6 Å². The lowest BCUT2D eigenvalue weighted by Gasteiger charge is -2.33. The largest absolute Gasteiger partial charge is 0.376 e. The summed E-state index contributed by atoms with van der Waals surface area (Å²) in [6.45, 7) is 2.33. The molecule has 19 heavy (non-hydrogen) atoms. The van der Waals surface area contributed by atoms with Crippen LogP contribution in [-0.2, 0) is 9.53 Å². The first kappa shape index (κ1) is 14.8. The molecule has 1 heterocycles. The maximum atomic E-state index is 12.5. The maximum Gasteiger partial charge on any atom is 0.225 e. The molecule has 4 nitrogen and oxygen atoms in total. The Balaban J connectivity index is 1.80. The van der Waals surface area contributed by atoms with Crippen molar-refractivity contribution in [1.82, 2.24) is 4.90 Å². The van der Waals surface area contributed by atoms with E-state index in [1.54, 1.807) is 0 Å². The molecule has 3 unspecified atom stereocenters. The van der Waals surface area contributed by atoms with Gasteiger partial charge in [0.05, 0.1) is 6.10 Å². The molecular formula is C15H28N2O2. The van der Waals surface area contributed by atoms with Gasteiger partial charge in [-0.05, 0) is 51.0 Å². The molecule has 4 heteroatoms. The molecule has 1 aliphatic heterocycles. The van der Waals surface area contributed by atoms with Gasteiger partial charge in [-0.25, -0.2) is 0 Å². The average molecular weight is 268 g/mol. The fourth-order valence-electron chi connectivity index (χ4n) is 3.39. The van der Waals surface area contributed by atoms with E-state index in [4.69, 9.17) is 10.5 Å². The van der Waals surface area contributed by atoms with E-state index in [1.807, 2.05) is 11.9 Å². The van der Waals surface area contributed by atoms with E-state index in [0.717, 1.165) is 51.8 Å². The van der Waals surface area contributed by atoms with Gasteiger partial charge in [0, 0.05) is 26.1 Å². The summed E-state index contributed by atoms with van der Waals surface area (Å²) in [5.74, 6) is 1.03. The SMILES string of the molecule is CN(CC1CCCCO1)C(=O)C1CCCC(CN)C1. The second-order valence-corrected chi connectivity index (χ2v) is 6.17. The van der Waals surface area contributed by atoms with Gasteiger partial charge >= 0.3 is 0 Å². The number of carbonyl (C=O) groups excluding carboxylic acids is 1. The number of amides is 1. The number of ether oxygens (including phenoxy) is 1. The highest BCUT2D eigenvalue weighted by Crippen LogP contribution is 2.29. The van der Waals surface area contributed by atoms with Crippen molar-refractivity contribution in [2.75, 3.05) is 26.7 Å². The smallest absolute Gasteiger partial charge is 0.225 e. The van der Waals surface area contributed by atoms with Crippen LogP contribution in [0.25, 0.3) is 0 Å². The van der Waals surface area contributed by atoms with Crippen molar-refractivity contribution in [3.8, 4) is 0 Å². The molecule has 3 atom stereocenters. The summed E-state index contributed by atoms with van der Waals surface area (Å²) < 4.78 is 5.71. The average Bonchev–Trinajstić information content (AvgIpc) is 2.47. The van der Waals surface area contributed by atoms with E-state index in [9.17, 15) is 4.79 Å². The number of hydrogen-bond acceptors (Lipinski definition) is 3. The summed E-state index contributed by atoms with van der Waals surface area (Å²) in [6.07, 6.45) is 8.07. The second kappa shape index (κ2) is 7.25. The highest BCUT2D eigenvalue weighted by Gasteiger charge is 2.29. The third-order valence-electron chi connectivity index (χ3n) is 4.59. The summed E-state index contributed by atoms with van der Waals surface area (Å²) in [5, 5.41) is 0. The molecule has 0 bridgehead atoms. The molecule has 1 amide bonds. The monoisotopic (exact) mass is 268 g/mol. The lowest BCUT2D eigenvalue weighted by Crippen LogP contribution is -2.41. The standard InChI is InChI=1S/C15H28N2O2/c1-17(11-14-7-2-3-8-19-14)15(18)13-6-4-5-12(9-13)10-16/h12-14H,2-11,16H2,1H3. The lowest BCUT2D eigenvalue weighted by molar-refractivity contribution is -0.138. The van der Waals surface area contributed by atoms with Crippen LogP contribution in [0.5, 0.6) is 0 Å². The Hall–Kier alpha value is -0.610. The minimum atomic E-state index is 0.191. The number of rotatable bonds is 4. The Bertz CT molecular complexity index is 290. The molecule has 0 aromatic rings. The number of hydrogen-bond donors (Lipinski definition) is 1. The molecule has 1 saturated heterocycles. The predicted molar refractivity (Wildman–Crippen MR) is 75.7 cm³/mol. The predicted octanol–water partition coefficient (Wildman–Crippen LogP) is 1.78. The van der Waals surface area contributed by atoms with Gasteiger partial charge < -0.3 is 15.4 Å². The molecule has 0 aromatic heterocycles. The van der Waals surface area contributed by atoms with Crippen LogP contribution in [0.4, 0.5) is 0 Å². The highest BCUT2D eigenvalue weighted by molar-refractivity contribution is 5.78. The molecule has 2 fully saturated rings. The van der Waals surface area contributed by atoms with Crippen molar-refractivity contribution >= 4 is 5.91 Å². The first-order valence-electron chi connectivity index (χ1n) is 7.77. The molecule has 0 aromatic carbocycles. The third-order valence-corrected chi connectivity index (χ3v) is 4.59. The van der Waals surface area contributed by atoms with Crippen LogP contribution in [0.2, 0.25) is 0 Å². The Morgan fingerprint density at radius 2 is 2.11 bits per heavy atom. The van der Waals surface area contributed by atoms with E-state index in [2.05, 4.69) is 0 Å². The van der Waals surface area contributed by atoms with Gasteiger partial charge in [-0.1, -0.05) is 6.42 Å². The zero-order valence-electron chi connectivity index (χ0n) is 12.1. The molecule has 1 saturated carbocycles. The molecule has 2 rings (SSSR count). The van der Waals surface area contributed by atoms with Crippen LogP contribution in [0.1, 0.15) is 44.9 Å². The normalized spacial score (nSPS) is 32.0. The van der Waals surface area contributed by atoms with Crippen molar-refractivity contribution in [2.45, 2.75) is 51.0 Å². The van der Waals surface area contributed by atoms with Crippen LogP contribution >= 0.6 is 0 Å². The minimum absolute atomic E-state index is 0.191. The van der Waals surface area contributed by atoms with E-state index < -0.39 is 0 Å². The van der Waals surface area contributed by atoms with Gasteiger partial charge in [-0.3, -0.25) is 4.79 Å². The quantitative estimate of drug-likeness (QED) is 0.845. The van der Waals surface area contributed by atoms with E-state index in [-0.39, 0.29) is 12.0 Å². The molecule has 1 aliphatic carbocycles. The van der Waals surface area contributed by atoms with Gasteiger partial charge in [-0.2, -0.15) is 0 Å². The first-order chi connectivity index (χ1) is 9.20. The van der Waals surface area contributed by atoms with Crippen molar-refractivity contribution in [1.29, 1.82) is 0 Å². The van der Waals surface area contributed by atoms with E-state index >= 15 is 0 Å². The maximum absolute atomic E-state index is 12.5. The van der Waals surface area contributed by atoms with Crippen LogP contribution in [0.3, 0.4) is 0 Å². The zero-order chi connectivity index (χ0) is 13.7. The molecular weight excluding hydrogens is 240 g/mol. The second-order valence-electron chi connectivity index (χ2n) is 6.17. The Kier molecular flexibility index (Phi) is 5.64. The Labute approximate surface area is 116 Å². The zero-order valence-corrected chi connectivity index (χ0v) is 12.1. The highest BCUT2D eigenvalue weighted by atomic mass is 16.5. The van der Waals surface area contributed by atoms with E-state index in [1.165, 1.54) is 12.8 Å². The van der Waals surface area contributed by atoms with Crippen molar-refractivity contribution < 1.29 is 9.53 Å². The van der Waals surface area contributed by atoms with Crippen molar-refractivity contribution in [3.63, 3.8) is 0 Å². The Morgan fingerprint density at radius 3 is 2.79 bits per heavy atom. The van der Waals surface area contributed by atoms with Gasteiger partial charge in [0.1, 0.15) is 0 Å². The fraction of sp³-hybridized carbons (Fsp3) is 0.933. The summed E-state index contributed by atoms with van der Waals surface area (Å²) in [6, 6.07) is 0. The van der Waals surface area contributed by atoms with Crippen LogP contribution in [0.15, 0.2) is 0 Å². The number of nitrogens with zero attached hydrogens (tertiary/aromatic N) is 1. The fourth-order valence-corrected chi connectivity index (χ4v) is 3.39. The Morgan fingerprint density at radius 1 is 1.26 bits per heavy atom. The van der Waals surface area contributed by atoms with Crippen LogP contribution in [-0.4, -0.2) is 43.7 Å². The lowest BCUT2D eigenvalue weighted by atomic mass is 9.81. The third kappa shape index (κ3) is 4.18. The molecule has 2 N–H and O–H groups in total. The number of likely N-dealkylation sites (N-methyl/N-ethyl adjacent to an activating group) is 1. The van der Waals surface area contributed by atoms with E-state index in [0.29, 0.717) is 11.8 Å². The number of carbonyl (C=O) groups is 1. The van der Waals surface area contributed by atoms with Gasteiger partial charge in [0.25, 0.3) is 0 Å².